The molecule has 0 aromatic carbocycles. The molecule has 5 heteroatoms. The van der Waals surface area contributed by atoms with Crippen molar-refractivity contribution in [3.8, 4) is 0 Å². The van der Waals surface area contributed by atoms with Crippen molar-refractivity contribution in [1.82, 2.24) is 10.3 Å². The fourth-order valence-electron chi connectivity index (χ4n) is 1.87. The number of aromatic nitrogens is 1. The quantitative estimate of drug-likeness (QED) is 0.829. The van der Waals surface area contributed by atoms with E-state index >= 15 is 0 Å². The second kappa shape index (κ2) is 4.26. The molecule has 1 atom stereocenters. The van der Waals surface area contributed by atoms with Crippen LogP contribution in [0.5, 0.6) is 0 Å². The molecular weight excluding hydrogens is 234 g/mol. The number of pyridine rings is 1. The SMILES string of the molecule is CC(NC1CC(F)(F)C1)c1ccc(Cl)nc1. The molecule has 0 amide bonds. The Balaban J connectivity index is 1.89. The summed E-state index contributed by atoms with van der Waals surface area (Å²) in [7, 11) is 0. The predicted molar refractivity (Wildman–Crippen MR) is 58.8 cm³/mol. The van der Waals surface area contributed by atoms with E-state index in [0.717, 1.165) is 5.56 Å². The van der Waals surface area contributed by atoms with Crippen LogP contribution in [0.3, 0.4) is 0 Å². The van der Waals surface area contributed by atoms with E-state index in [4.69, 9.17) is 11.6 Å². The third kappa shape index (κ3) is 2.68. The Hall–Kier alpha value is -0.740. The molecule has 1 aliphatic rings. The number of nitrogens with zero attached hydrogens (tertiary/aromatic N) is 1. The number of rotatable bonds is 3. The molecular formula is C11H13ClF2N2. The average Bonchev–Trinajstić information content (AvgIpc) is 2.15. The number of nitrogens with one attached hydrogen (secondary N) is 1. The van der Waals surface area contributed by atoms with Crippen molar-refractivity contribution in [3.63, 3.8) is 0 Å². The first-order chi connectivity index (χ1) is 7.46. The highest BCUT2D eigenvalue weighted by molar-refractivity contribution is 6.29. The molecule has 1 aromatic heterocycles. The highest BCUT2D eigenvalue weighted by Gasteiger charge is 2.45. The third-order valence-corrected chi connectivity index (χ3v) is 3.05. The van der Waals surface area contributed by atoms with Crippen LogP contribution >= 0.6 is 11.6 Å². The summed E-state index contributed by atoms with van der Waals surface area (Å²) in [5.41, 5.74) is 0.958. The monoisotopic (exact) mass is 246 g/mol. The molecule has 2 nitrogen and oxygen atoms in total. The van der Waals surface area contributed by atoms with Gasteiger partial charge < -0.3 is 5.32 Å². The van der Waals surface area contributed by atoms with Crippen LogP contribution in [0.25, 0.3) is 0 Å². The topological polar surface area (TPSA) is 24.9 Å². The van der Waals surface area contributed by atoms with Crippen molar-refractivity contribution >= 4 is 11.6 Å². The molecule has 2 rings (SSSR count). The van der Waals surface area contributed by atoms with Crippen LogP contribution in [0.2, 0.25) is 5.15 Å². The van der Waals surface area contributed by atoms with Gasteiger partial charge in [0.2, 0.25) is 0 Å². The number of hydrogen-bond acceptors (Lipinski definition) is 2. The minimum absolute atomic E-state index is 0.0193. The number of hydrogen-bond donors (Lipinski definition) is 1. The Morgan fingerprint density at radius 1 is 1.50 bits per heavy atom. The van der Waals surface area contributed by atoms with Gasteiger partial charge >= 0.3 is 0 Å². The van der Waals surface area contributed by atoms with Crippen LogP contribution in [-0.2, 0) is 0 Å². The highest BCUT2D eigenvalue weighted by Crippen LogP contribution is 2.38. The van der Waals surface area contributed by atoms with E-state index in [1.165, 1.54) is 0 Å². The van der Waals surface area contributed by atoms with Crippen LogP contribution in [0, 0.1) is 0 Å². The molecule has 0 aliphatic heterocycles. The van der Waals surface area contributed by atoms with Crippen LogP contribution < -0.4 is 5.32 Å². The number of alkyl halides is 2. The van der Waals surface area contributed by atoms with Crippen molar-refractivity contribution in [2.45, 2.75) is 37.8 Å². The van der Waals surface area contributed by atoms with Gasteiger partial charge in [0.25, 0.3) is 5.92 Å². The Kier molecular flexibility index (Phi) is 3.13. The van der Waals surface area contributed by atoms with Gasteiger partial charge in [-0.05, 0) is 18.6 Å². The molecule has 1 unspecified atom stereocenters. The lowest BCUT2D eigenvalue weighted by atomic mass is 9.87. The molecule has 1 heterocycles. The van der Waals surface area contributed by atoms with Gasteiger partial charge in [-0.25, -0.2) is 13.8 Å². The zero-order valence-electron chi connectivity index (χ0n) is 8.88. The van der Waals surface area contributed by atoms with E-state index in [0.29, 0.717) is 5.15 Å². The molecule has 1 aliphatic carbocycles. The van der Waals surface area contributed by atoms with Gasteiger partial charge in [-0.15, -0.1) is 0 Å². The number of halogens is 3. The maximum Gasteiger partial charge on any atom is 0.251 e. The summed E-state index contributed by atoms with van der Waals surface area (Å²) in [5.74, 6) is -2.48. The Labute approximate surface area is 98.0 Å². The summed E-state index contributed by atoms with van der Waals surface area (Å²) in [5, 5.41) is 3.58. The lowest BCUT2D eigenvalue weighted by Gasteiger charge is -2.37. The summed E-state index contributed by atoms with van der Waals surface area (Å²) in [4.78, 5) is 3.96. The Bertz CT molecular complexity index is 359. The lowest BCUT2D eigenvalue weighted by Crippen LogP contribution is -2.49. The molecule has 16 heavy (non-hydrogen) atoms. The van der Waals surface area contributed by atoms with Crippen molar-refractivity contribution in [2.75, 3.05) is 0 Å². The first-order valence-electron chi connectivity index (χ1n) is 5.22. The smallest absolute Gasteiger partial charge is 0.251 e. The minimum Gasteiger partial charge on any atom is -0.307 e. The second-order valence-corrected chi connectivity index (χ2v) is 4.65. The molecule has 0 spiro atoms. The van der Waals surface area contributed by atoms with Crippen molar-refractivity contribution in [1.29, 1.82) is 0 Å². The van der Waals surface area contributed by atoms with Gasteiger partial charge in [-0.3, -0.25) is 0 Å². The molecule has 0 saturated heterocycles. The molecule has 1 fully saturated rings. The zero-order valence-corrected chi connectivity index (χ0v) is 9.64. The van der Waals surface area contributed by atoms with Crippen LogP contribution in [0.1, 0.15) is 31.4 Å². The van der Waals surface area contributed by atoms with E-state index < -0.39 is 5.92 Å². The Morgan fingerprint density at radius 3 is 2.69 bits per heavy atom. The van der Waals surface area contributed by atoms with E-state index in [1.807, 2.05) is 13.0 Å². The van der Waals surface area contributed by atoms with Crippen LogP contribution in [-0.4, -0.2) is 16.9 Å². The van der Waals surface area contributed by atoms with E-state index in [9.17, 15) is 8.78 Å². The second-order valence-electron chi connectivity index (χ2n) is 4.26. The zero-order chi connectivity index (χ0) is 11.8. The largest absolute Gasteiger partial charge is 0.307 e. The van der Waals surface area contributed by atoms with Gasteiger partial charge in [0.15, 0.2) is 0 Å². The van der Waals surface area contributed by atoms with Crippen molar-refractivity contribution < 1.29 is 8.78 Å². The van der Waals surface area contributed by atoms with Crippen LogP contribution in [0.4, 0.5) is 8.78 Å². The first-order valence-corrected chi connectivity index (χ1v) is 5.59. The van der Waals surface area contributed by atoms with Crippen molar-refractivity contribution in [2.24, 2.45) is 0 Å². The summed E-state index contributed by atoms with van der Waals surface area (Å²) < 4.78 is 25.2. The molecule has 1 N–H and O–H groups in total. The predicted octanol–water partition coefficient (Wildman–Crippen LogP) is 3.18. The molecule has 0 radical (unpaired) electrons. The van der Waals surface area contributed by atoms with Crippen molar-refractivity contribution in [3.05, 3.63) is 29.0 Å². The Morgan fingerprint density at radius 2 is 2.19 bits per heavy atom. The fraction of sp³-hybridized carbons (Fsp3) is 0.545. The molecule has 0 bridgehead atoms. The van der Waals surface area contributed by atoms with Gasteiger partial charge in [-0.1, -0.05) is 17.7 Å². The molecule has 88 valence electrons. The molecule has 1 saturated carbocycles. The van der Waals surface area contributed by atoms with Gasteiger partial charge in [0, 0.05) is 31.1 Å². The minimum atomic E-state index is -2.48. The lowest BCUT2D eigenvalue weighted by molar-refractivity contribution is -0.0945. The van der Waals surface area contributed by atoms with Gasteiger partial charge in [0.05, 0.1) is 0 Å². The third-order valence-electron chi connectivity index (χ3n) is 2.83. The van der Waals surface area contributed by atoms with Crippen LogP contribution in [0.15, 0.2) is 18.3 Å². The maximum atomic E-state index is 12.6. The van der Waals surface area contributed by atoms with E-state index in [-0.39, 0.29) is 24.9 Å². The van der Waals surface area contributed by atoms with E-state index in [2.05, 4.69) is 10.3 Å². The summed E-state index contributed by atoms with van der Waals surface area (Å²) in [6.07, 6.45) is 1.52. The van der Waals surface area contributed by atoms with Gasteiger partial charge in [0.1, 0.15) is 5.15 Å². The normalized spacial score (nSPS) is 21.5. The van der Waals surface area contributed by atoms with Gasteiger partial charge in [-0.2, -0.15) is 0 Å². The fourth-order valence-corrected chi connectivity index (χ4v) is 1.98. The highest BCUT2D eigenvalue weighted by atomic mass is 35.5. The van der Waals surface area contributed by atoms with E-state index in [1.54, 1.807) is 12.3 Å². The summed E-state index contributed by atoms with van der Waals surface area (Å²) in [6.45, 7) is 1.93. The first kappa shape index (κ1) is 11.7. The molecule has 1 aromatic rings. The maximum absolute atomic E-state index is 12.6. The summed E-state index contributed by atoms with van der Waals surface area (Å²) >= 11 is 5.67. The summed E-state index contributed by atoms with van der Waals surface area (Å²) in [6, 6.07) is 3.47. The average molecular weight is 247 g/mol. The standard InChI is InChI=1S/C11H13ClF2N2/c1-7(8-2-3-10(12)15-6-8)16-9-4-11(13,14)5-9/h2-3,6-7,9,16H,4-5H2,1H3.